The van der Waals surface area contributed by atoms with E-state index in [0.29, 0.717) is 36.7 Å². The molecule has 1 aromatic carbocycles. The predicted molar refractivity (Wildman–Crippen MR) is 121 cm³/mol. The minimum atomic E-state index is -0.850. The Morgan fingerprint density at radius 2 is 2.21 bits per heavy atom. The second-order valence-electron chi connectivity index (χ2n) is 8.41. The number of rotatable bonds is 4. The van der Waals surface area contributed by atoms with Crippen molar-refractivity contribution in [1.82, 2.24) is 14.3 Å². The van der Waals surface area contributed by atoms with Crippen molar-refractivity contribution in [2.24, 2.45) is 11.7 Å². The van der Waals surface area contributed by atoms with E-state index in [1.54, 1.807) is 12.4 Å². The molecule has 0 radical (unpaired) electrons. The number of benzene rings is 1. The first-order valence-corrected chi connectivity index (χ1v) is 11.4. The summed E-state index contributed by atoms with van der Waals surface area (Å²) in [5, 5.41) is 2.78. The molecule has 0 unspecified atom stereocenters. The third kappa shape index (κ3) is 4.13. The number of hydrogen-bond acceptors (Lipinski definition) is 8. The van der Waals surface area contributed by atoms with Crippen LogP contribution in [-0.2, 0) is 6.42 Å². The molecule has 2 aromatic heterocycles. The Hall–Kier alpha value is -3.18. The molecule has 172 valence electrons. The Labute approximate surface area is 193 Å². The topological polar surface area (TPSA) is 106 Å². The van der Waals surface area contributed by atoms with Crippen LogP contribution < -0.4 is 20.7 Å². The van der Waals surface area contributed by atoms with Crippen molar-refractivity contribution in [3.63, 3.8) is 0 Å². The quantitative estimate of drug-likeness (QED) is 0.600. The largest absolute Gasteiger partial charge is 0.490 e. The Balaban J connectivity index is 1.39. The van der Waals surface area contributed by atoms with Crippen LogP contribution >= 0.6 is 11.5 Å². The summed E-state index contributed by atoms with van der Waals surface area (Å²) in [6.07, 6.45) is 4.59. The monoisotopic (exact) mass is 472 g/mol. The number of nitrogens with zero attached hydrogens (tertiary/aromatic N) is 4. The molecule has 0 aliphatic carbocycles. The SMILES string of the molecule is C[C@@H]1C[C@H](N)CN(c2ccncc2NC(=O)c2nc(-c3c(F)cc4c(c3F)OCC4)ns2)C1. The van der Waals surface area contributed by atoms with Crippen LogP contribution in [0.3, 0.4) is 0 Å². The third-order valence-electron chi connectivity index (χ3n) is 5.79. The van der Waals surface area contributed by atoms with Gasteiger partial charge in [-0.2, -0.15) is 4.37 Å². The van der Waals surface area contributed by atoms with Gasteiger partial charge in [0.2, 0.25) is 5.01 Å². The van der Waals surface area contributed by atoms with E-state index in [1.165, 1.54) is 6.07 Å². The lowest BCUT2D eigenvalue weighted by Gasteiger charge is -2.37. The summed E-state index contributed by atoms with van der Waals surface area (Å²) in [5.41, 5.74) is 7.56. The molecule has 1 fully saturated rings. The Morgan fingerprint density at radius 3 is 3.03 bits per heavy atom. The molecule has 0 saturated carbocycles. The van der Waals surface area contributed by atoms with Gasteiger partial charge in [-0.05, 0) is 36.0 Å². The molecule has 1 amide bonds. The van der Waals surface area contributed by atoms with Gasteiger partial charge in [-0.25, -0.2) is 13.8 Å². The Morgan fingerprint density at radius 1 is 1.36 bits per heavy atom. The first kappa shape index (κ1) is 21.7. The maximum Gasteiger partial charge on any atom is 0.286 e. The highest BCUT2D eigenvalue weighted by atomic mass is 32.1. The number of hydrogen-bond donors (Lipinski definition) is 2. The maximum atomic E-state index is 14.8. The first-order chi connectivity index (χ1) is 15.9. The lowest BCUT2D eigenvalue weighted by Crippen LogP contribution is -2.46. The van der Waals surface area contributed by atoms with Crippen molar-refractivity contribution in [1.29, 1.82) is 0 Å². The van der Waals surface area contributed by atoms with Crippen LogP contribution in [0.15, 0.2) is 24.5 Å². The zero-order valence-corrected chi connectivity index (χ0v) is 18.7. The smallest absolute Gasteiger partial charge is 0.286 e. The number of carbonyl (C=O) groups is 1. The van der Waals surface area contributed by atoms with Crippen LogP contribution in [0.25, 0.3) is 11.4 Å². The number of fused-ring (bicyclic) bond motifs is 1. The van der Waals surface area contributed by atoms with Crippen molar-refractivity contribution < 1.29 is 18.3 Å². The molecule has 2 aliphatic rings. The number of pyridine rings is 1. The molecule has 33 heavy (non-hydrogen) atoms. The maximum absolute atomic E-state index is 14.8. The predicted octanol–water partition coefficient (Wildman–Crippen LogP) is 3.24. The number of halogens is 2. The summed E-state index contributed by atoms with van der Waals surface area (Å²) >= 11 is 0.763. The number of amides is 1. The fourth-order valence-corrected chi connectivity index (χ4v) is 4.97. The van der Waals surface area contributed by atoms with Gasteiger partial charge in [0.25, 0.3) is 5.91 Å². The first-order valence-electron chi connectivity index (χ1n) is 10.6. The van der Waals surface area contributed by atoms with Crippen molar-refractivity contribution in [2.75, 3.05) is 29.9 Å². The van der Waals surface area contributed by atoms with Crippen LogP contribution in [0.2, 0.25) is 0 Å². The molecule has 2 aliphatic heterocycles. The summed E-state index contributed by atoms with van der Waals surface area (Å²) < 4.78 is 38.7. The summed E-state index contributed by atoms with van der Waals surface area (Å²) in [5.74, 6) is -1.94. The van der Waals surface area contributed by atoms with Crippen molar-refractivity contribution >= 4 is 28.8 Å². The number of nitrogens with one attached hydrogen (secondary N) is 1. The van der Waals surface area contributed by atoms with E-state index in [0.717, 1.165) is 30.2 Å². The van der Waals surface area contributed by atoms with E-state index >= 15 is 0 Å². The van der Waals surface area contributed by atoms with Crippen molar-refractivity contribution in [3.8, 4) is 17.1 Å². The number of anilines is 2. The number of carbonyl (C=O) groups excluding carboxylic acids is 1. The second kappa shape index (κ2) is 8.64. The van der Waals surface area contributed by atoms with E-state index in [1.807, 2.05) is 6.07 Å². The molecule has 3 N–H and O–H groups in total. The highest BCUT2D eigenvalue weighted by Gasteiger charge is 2.28. The Bertz CT molecular complexity index is 1210. The normalized spacial score (nSPS) is 19.8. The lowest BCUT2D eigenvalue weighted by molar-refractivity contribution is 0.102. The minimum absolute atomic E-state index is 0.0150. The van der Waals surface area contributed by atoms with Crippen molar-refractivity contribution in [2.45, 2.75) is 25.8 Å². The van der Waals surface area contributed by atoms with E-state index in [9.17, 15) is 13.6 Å². The van der Waals surface area contributed by atoms with Gasteiger partial charge in [0.15, 0.2) is 17.4 Å². The molecule has 4 heterocycles. The van der Waals surface area contributed by atoms with Gasteiger partial charge in [0.05, 0.1) is 29.7 Å². The average molecular weight is 473 g/mol. The van der Waals surface area contributed by atoms with Gasteiger partial charge in [-0.1, -0.05) is 6.92 Å². The summed E-state index contributed by atoms with van der Waals surface area (Å²) in [6, 6.07) is 3.09. The standard InChI is InChI=1S/C22H22F2N6O2S/c1-11-6-13(25)10-30(9-11)16-2-4-26-8-15(16)27-21(31)22-28-20(29-33-22)17-14(23)7-12-3-5-32-19(12)18(17)24/h2,4,7-8,11,13H,3,5-6,9-10,25H2,1H3,(H,27,31)/t11-,13+/m1/s1. The molecule has 0 bridgehead atoms. The zero-order chi connectivity index (χ0) is 23.1. The van der Waals surface area contributed by atoms with Gasteiger partial charge in [0, 0.05) is 37.3 Å². The number of piperidine rings is 1. The summed E-state index contributed by atoms with van der Waals surface area (Å²) in [4.78, 5) is 23.2. The van der Waals surface area contributed by atoms with Crippen LogP contribution in [0.4, 0.5) is 20.2 Å². The van der Waals surface area contributed by atoms with Gasteiger partial charge in [-0.15, -0.1) is 0 Å². The van der Waals surface area contributed by atoms with E-state index < -0.39 is 23.1 Å². The molecule has 5 rings (SSSR count). The van der Waals surface area contributed by atoms with Crippen LogP contribution in [0.5, 0.6) is 5.75 Å². The molecule has 11 heteroatoms. The zero-order valence-electron chi connectivity index (χ0n) is 17.8. The molecule has 8 nitrogen and oxygen atoms in total. The average Bonchev–Trinajstić information content (AvgIpc) is 3.43. The second-order valence-corrected chi connectivity index (χ2v) is 9.16. The summed E-state index contributed by atoms with van der Waals surface area (Å²) in [6.45, 7) is 3.90. The van der Waals surface area contributed by atoms with Crippen molar-refractivity contribution in [3.05, 3.63) is 46.7 Å². The van der Waals surface area contributed by atoms with E-state index in [2.05, 4.69) is 31.5 Å². The van der Waals surface area contributed by atoms with Crippen LogP contribution in [0.1, 0.15) is 28.7 Å². The fourth-order valence-electron chi connectivity index (χ4n) is 4.41. The number of nitrogens with two attached hydrogens (primary N) is 1. The minimum Gasteiger partial charge on any atom is -0.490 e. The van der Waals surface area contributed by atoms with E-state index in [-0.39, 0.29) is 22.6 Å². The third-order valence-corrected chi connectivity index (χ3v) is 6.50. The molecule has 0 spiro atoms. The van der Waals surface area contributed by atoms with Gasteiger partial charge in [0.1, 0.15) is 5.82 Å². The number of ether oxygens (including phenoxy) is 1. The van der Waals surface area contributed by atoms with Gasteiger partial charge in [-0.3, -0.25) is 9.78 Å². The van der Waals surface area contributed by atoms with Crippen LogP contribution in [0, 0.1) is 17.6 Å². The molecule has 3 aromatic rings. The van der Waals surface area contributed by atoms with Crippen LogP contribution in [-0.4, -0.2) is 46.0 Å². The lowest BCUT2D eigenvalue weighted by atomic mass is 9.96. The molecular weight excluding hydrogens is 450 g/mol. The highest BCUT2D eigenvalue weighted by Crippen LogP contribution is 2.37. The highest BCUT2D eigenvalue weighted by molar-refractivity contribution is 7.08. The van der Waals surface area contributed by atoms with Gasteiger partial charge >= 0.3 is 0 Å². The molecular formula is C22H22F2N6O2S. The van der Waals surface area contributed by atoms with Gasteiger partial charge < -0.3 is 20.7 Å². The molecule has 1 saturated heterocycles. The number of aromatic nitrogens is 3. The molecule has 2 atom stereocenters. The summed E-state index contributed by atoms with van der Waals surface area (Å²) in [7, 11) is 0. The fraction of sp³-hybridized carbons (Fsp3) is 0.364. The van der Waals surface area contributed by atoms with E-state index in [4.69, 9.17) is 10.5 Å². The Kier molecular flexibility index (Phi) is 5.67.